The molecular formula is C23H17FN2O. The molecule has 0 spiro atoms. The standard InChI is InChI=1S/C23H17FN2O/c24-17-8-9-19-16(13-17)7-6-15-3-1-2-4-18(15)20(19)11-14-5-10-21-22(12-14)26-23(27)25-21/h1-5,8-13H,6-7H2,(H2,25,26,27). The van der Waals surface area contributed by atoms with E-state index in [0.717, 1.165) is 46.1 Å². The van der Waals surface area contributed by atoms with Gasteiger partial charge in [0.2, 0.25) is 0 Å². The summed E-state index contributed by atoms with van der Waals surface area (Å²) in [5, 5.41) is 0. The molecule has 0 aliphatic heterocycles. The summed E-state index contributed by atoms with van der Waals surface area (Å²) < 4.78 is 13.8. The molecule has 0 unspecified atom stereocenters. The number of aromatic amines is 2. The Kier molecular flexibility index (Phi) is 3.57. The lowest BCUT2D eigenvalue weighted by molar-refractivity contribution is 0.625. The highest BCUT2D eigenvalue weighted by Gasteiger charge is 2.18. The molecule has 3 aromatic carbocycles. The predicted molar refractivity (Wildman–Crippen MR) is 106 cm³/mol. The number of aromatic nitrogens is 2. The van der Waals surface area contributed by atoms with Crippen LogP contribution in [0.2, 0.25) is 0 Å². The van der Waals surface area contributed by atoms with E-state index in [1.807, 2.05) is 36.4 Å². The van der Waals surface area contributed by atoms with Crippen LogP contribution in [-0.2, 0) is 12.8 Å². The van der Waals surface area contributed by atoms with E-state index in [0.29, 0.717) is 0 Å². The molecule has 0 saturated carbocycles. The van der Waals surface area contributed by atoms with E-state index >= 15 is 0 Å². The zero-order chi connectivity index (χ0) is 18.4. The van der Waals surface area contributed by atoms with Gasteiger partial charge in [0.05, 0.1) is 11.0 Å². The maximum absolute atomic E-state index is 13.8. The van der Waals surface area contributed by atoms with Gasteiger partial charge in [-0.15, -0.1) is 0 Å². The lowest BCUT2D eigenvalue weighted by Crippen LogP contribution is -1.99. The normalized spacial score (nSPS) is 14.8. The van der Waals surface area contributed by atoms with E-state index in [2.05, 4.69) is 28.2 Å². The van der Waals surface area contributed by atoms with Crippen LogP contribution >= 0.6 is 0 Å². The van der Waals surface area contributed by atoms with E-state index in [4.69, 9.17) is 0 Å². The highest BCUT2D eigenvalue weighted by atomic mass is 19.1. The number of hydrogen-bond donors (Lipinski definition) is 2. The van der Waals surface area contributed by atoms with Crippen molar-refractivity contribution in [3.8, 4) is 0 Å². The zero-order valence-electron chi connectivity index (χ0n) is 14.6. The fraction of sp³-hybridized carbons (Fsp3) is 0.0870. The van der Waals surface area contributed by atoms with Crippen molar-refractivity contribution in [3.05, 3.63) is 105 Å². The topological polar surface area (TPSA) is 48.6 Å². The van der Waals surface area contributed by atoms with E-state index in [1.165, 1.54) is 17.2 Å². The number of halogens is 1. The van der Waals surface area contributed by atoms with Crippen molar-refractivity contribution < 1.29 is 4.39 Å². The number of rotatable bonds is 1. The Morgan fingerprint density at radius 2 is 1.59 bits per heavy atom. The first kappa shape index (κ1) is 15.8. The molecule has 27 heavy (non-hydrogen) atoms. The lowest BCUT2D eigenvalue weighted by atomic mass is 9.92. The first-order valence-corrected chi connectivity index (χ1v) is 8.98. The van der Waals surface area contributed by atoms with Crippen LogP contribution < -0.4 is 5.69 Å². The van der Waals surface area contributed by atoms with Gasteiger partial charge < -0.3 is 9.97 Å². The third-order valence-corrected chi connectivity index (χ3v) is 5.18. The number of imidazole rings is 1. The van der Waals surface area contributed by atoms with Gasteiger partial charge in [0.15, 0.2) is 0 Å². The van der Waals surface area contributed by atoms with Crippen LogP contribution in [0, 0.1) is 5.82 Å². The van der Waals surface area contributed by atoms with Gasteiger partial charge >= 0.3 is 5.69 Å². The molecule has 1 aliphatic carbocycles. The molecule has 1 aliphatic rings. The van der Waals surface area contributed by atoms with Crippen LogP contribution in [0.5, 0.6) is 0 Å². The van der Waals surface area contributed by atoms with Crippen LogP contribution in [0.3, 0.4) is 0 Å². The van der Waals surface area contributed by atoms with Crippen molar-refractivity contribution in [2.75, 3.05) is 0 Å². The molecule has 0 fully saturated rings. The predicted octanol–water partition coefficient (Wildman–Crippen LogP) is 4.68. The second-order valence-electron chi connectivity index (χ2n) is 6.90. The molecule has 0 atom stereocenters. The van der Waals surface area contributed by atoms with Crippen molar-refractivity contribution >= 4 is 22.7 Å². The minimum Gasteiger partial charge on any atom is -0.306 e. The number of H-pyrrole nitrogens is 2. The highest BCUT2D eigenvalue weighted by Crippen LogP contribution is 2.35. The molecule has 0 bridgehead atoms. The molecule has 3 nitrogen and oxygen atoms in total. The van der Waals surface area contributed by atoms with Gasteiger partial charge in [-0.25, -0.2) is 9.18 Å². The van der Waals surface area contributed by atoms with Crippen molar-refractivity contribution in [3.63, 3.8) is 0 Å². The Bertz CT molecular complexity index is 1260. The number of aryl methyl sites for hydroxylation is 2. The van der Waals surface area contributed by atoms with Crippen LogP contribution in [0.25, 0.3) is 22.7 Å². The van der Waals surface area contributed by atoms with Crippen LogP contribution in [-0.4, -0.2) is 9.97 Å². The molecule has 5 rings (SSSR count). The highest BCUT2D eigenvalue weighted by molar-refractivity contribution is 5.95. The number of nitrogens with one attached hydrogen (secondary N) is 2. The SMILES string of the molecule is O=c1[nH]c2ccc(C=C3c4ccccc4CCc4cc(F)ccc43)cc2[nH]1. The summed E-state index contributed by atoms with van der Waals surface area (Å²) in [5.74, 6) is -0.203. The van der Waals surface area contributed by atoms with Gasteiger partial charge in [-0.3, -0.25) is 0 Å². The van der Waals surface area contributed by atoms with E-state index < -0.39 is 0 Å². The second kappa shape index (κ2) is 6.09. The summed E-state index contributed by atoms with van der Waals surface area (Å²) in [6.45, 7) is 0. The quantitative estimate of drug-likeness (QED) is 0.511. The minimum atomic E-state index is -0.213. The Morgan fingerprint density at radius 1 is 0.815 bits per heavy atom. The number of benzene rings is 3. The van der Waals surface area contributed by atoms with Crippen LogP contribution in [0.4, 0.5) is 4.39 Å². The molecule has 0 amide bonds. The summed E-state index contributed by atoms with van der Waals surface area (Å²) in [5.41, 5.74) is 7.92. The van der Waals surface area contributed by atoms with E-state index in [1.54, 1.807) is 6.07 Å². The second-order valence-corrected chi connectivity index (χ2v) is 6.90. The molecule has 0 radical (unpaired) electrons. The fourth-order valence-corrected chi connectivity index (χ4v) is 3.91. The van der Waals surface area contributed by atoms with Crippen LogP contribution in [0.1, 0.15) is 27.8 Å². The summed E-state index contributed by atoms with van der Waals surface area (Å²) in [4.78, 5) is 17.1. The van der Waals surface area contributed by atoms with Crippen LogP contribution in [0.15, 0.2) is 65.5 Å². The van der Waals surface area contributed by atoms with Crippen molar-refractivity contribution in [1.29, 1.82) is 0 Å². The first-order chi connectivity index (χ1) is 13.2. The molecular weight excluding hydrogens is 339 g/mol. The average Bonchev–Trinajstić information content (AvgIpc) is 2.97. The van der Waals surface area contributed by atoms with Gasteiger partial charge in [0.1, 0.15) is 5.82 Å². The van der Waals surface area contributed by atoms with E-state index in [-0.39, 0.29) is 11.5 Å². The van der Waals surface area contributed by atoms with Crippen molar-refractivity contribution in [2.45, 2.75) is 12.8 Å². The maximum atomic E-state index is 13.8. The van der Waals surface area contributed by atoms with Gasteiger partial charge in [-0.05, 0) is 76.6 Å². The molecule has 132 valence electrons. The molecule has 4 aromatic rings. The lowest BCUT2D eigenvalue weighted by Gasteiger charge is -2.12. The smallest absolute Gasteiger partial charge is 0.306 e. The largest absolute Gasteiger partial charge is 0.323 e. The monoisotopic (exact) mass is 356 g/mol. The van der Waals surface area contributed by atoms with Crippen molar-refractivity contribution in [1.82, 2.24) is 9.97 Å². The molecule has 1 heterocycles. The van der Waals surface area contributed by atoms with Gasteiger partial charge in [-0.1, -0.05) is 36.4 Å². The zero-order valence-corrected chi connectivity index (χ0v) is 14.6. The molecule has 0 saturated heterocycles. The molecule has 2 N–H and O–H groups in total. The average molecular weight is 356 g/mol. The number of fused-ring (bicyclic) bond motifs is 3. The third-order valence-electron chi connectivity index (χ3n) is 5.18. The Morgan fingerprint density at radius 3 is 2.52 bits per heavy atom. The van der Waals surface area contributed by atoms with Gasteiger partial charge in [0.25, 0.3) is 0 Å². The summed E-state index contributed by atoms with van der Waals surface area (Å²) in [7, 11) is 0. The van der Waals surface area contributed by atoms with E-state index in [9.17, 15) is 9.18 Å². The summed E-state index contributed by atoms with van der Waals surface area (Å²) in [6.07, 6.45) is 3.81. The molecule has 4 heteroatoms. The third kappa shape index (κ3) is 2.79. The maximum Gasteiger partial charge on any atom is 0.323 e. The first-order valence-electron chi connectivity index (χ1n) is 8.98. The van der Waals surface area contributed by atoms with Crippen molar-refractivity contribution in [2.24, 2.45) is 0 Å². The molecule has 1 aromatic heterocycles. The summed E-state index contributed by atoms with van der Waals surface area (Å²) in [6, 6.07) is 19.2. The Labute approximate surface area is 155 Å². The number of hydrogen-bond acceptors (Lipinski definition) is 1. The summed E-state index contributed by atoms with van der Waals surface area (Å²) >= 11 is 0. The Balaban J connectivity index is 1.75. The van der Waals surface area contributed by atoms with Gasteiger partial charge in [-0.2, -0.15) is 0 Å². The Hall–Kier alpha value is -3.40. The van der Waals surface area contributed by atoms with Gasteiger partial charge in [0, 0.05) is 0 Å². The minimum absolute atomic E-state index is 0.203. The fourth-order valence-electron chi connectivity index (χ4n) is 3.91.